The minimum Gasteiger partial charge on any atom is -0.462 e. The van der Waals surface area contributed by atoms with Crippen molar-refractivity contribution in [2.75, 3.05) is 13.2 Å². The van der Waals surface area contributed by atoms with Crippen molar-refractivity contribution < 1.29 is 28.6 Å². The van der Waals surface area contributed by atoms with Crippen LogP contribution in [0.3, 0.4) is 0 Å². The smallest absolute Gasteiger partial charge is 0.306 e. The van der Waals surface area contributed by atoms with Gasteiger partial charge in [0.25, 0.3) is 0 Å². The molecule has 0 rings (SSSR count). The van der Waals surface area contributed by atoms with Gasteiger partial charge in [-0.2, -0.15) is 0 Å². The Morgan fingerprint density at radius 3 is 0.617 bits per heavy atom. The highest BCUT2D eigenvalue weighted by Crippen LogP contribution is 2.19. The lowest BCUT2D eigenvalue weighted by molar-refractivity contribution is -0.167. The maximum atomic E-state index is 13.0. The highest BCUT2D eigenvalue weighted by molar-refractivity contribution is 5.71. The van der Waals surface area contributed by atoms with Crippen LogP contribution in [0.1, 0.15) is 419 Å². The standard InChI is InChI=1S/C75H142O6/c1-4-7-10-13-16-19-22-25-28-30-32-33-34-35-36-37-38-39-40-41-43-44-47-50-53-56-59-62-65-68-74(77)80-71-72(70-79-73(76)67-64-61-58-55-52-49-46-27-24-21-18-15-12-9-6-3)81-75(78)69-66-63-60-57-54-51-48-45-42-31-29-26-23-20-17-14-11-8-5-2/h26-27,29,46,72H,4-25,28,30-45,47-71H2,1-3H3/b29-26-,46-27-. The van der Waals surface area contributed by atoms with Crippen molar-refractivity contribution in [3.63, 3.8) is 0 Å². The maximum absolute atomic E-state index is 13.0. The zero-order valence-corrected chi connectivity index (χ0v) is 55.1. The molecular formula is C75H142O6. The van der Waals surface area contributed by atoms with E-state index >= 15 is 0 Å². The Balaban J connectivity index is 4.19. The van der Waals surface area contributed by atoms with Gasteiger partial charge in [0.1, 0.15) is 13.2 Å². The zero-order valence-electron chi connectivity index (χ0n) is 55.1. The molecule has 0 aliphatic carbocycles. The van der Waals surface area contributed by atoms with E-state index in [9.17, 15) is 14.4 Å². The lowest BCUT2D eigenvalue weighted by Gasteiger charge is -2.18. The van der Waals surface area contributed by atoms with Crippen LogP contribution in [0.5, 0.6) is 0 Å². The molecule has 0 aromatic rings. The average molecular weight is 1140 g/mol. The van der Waals surface area contributed by atoms with Crippen molar-refractivity contribution >= 4 is 17.9 Å². The largest absolute Gasteiger partial charge is 0.462 e. The highest BCUT2D eigenvalue weighted by atomic mass is 16.6. The van der Waals surface area contributed by atoms with E-state index in [1.165, 1.54) is 315 Å². The predicted molar refractivity (Wildman–Crippen MR) is 353 cm³/mol. The second kappa shape index (κ2) is 70.4. The molecule has 6 nitrogen and oxygen atoms in total. The van der Waals surface area contributed by atoms with Gasteiger partial charge in [0.15, 0.2) is 6.10 Å². The van der Waals surface area contributed by atoms with Crippen molar-refractivity contribution in [1.82, 2.24) is 0 Å². The van der Waals surface area contributed by atoms with E-state index in [2.05, 4.69) is 45.1 Å². The number of hydrogen-bond acceptors (Lipinski definition) is 6. The molecule has 478 valence electrons. The third kappa shape index (κ3) is 68.6. The number of rotatable bonds is 69. The number of ether oxygens (including phenoxy) is 3. The summed E-state index contributed by atoms with van der Waals surface area (Å²) in [6.45, 7) is 6.71. The van der Waals surface area contributed by atoms with E-state index < -0.39 is 6.10 Å². The number of allylic oxidation sites excluding steroid dienone is 4. The van der Waals surface area contributed by atoms with Gasteiger partial charge >= 0.3 is 17.9 Å². The molecule has 0 bridgehead atoms. The van der Waals surface area contributed by atoms with E-state index in [1.54, 1.807) is 0 Å². The molecule has 0 aliphatic rings. The van der Waals surface area contributed by atoms with Gasteiger partial charge < -0.3 is 14.2 Å². The molecule has 0 aromatic carbocycles. The Morgan fingerprint density at radius 1 is 0.235 bits per heavy atom. The zero-order chi connectivity index (χ0) is 58.5. The van der Waals surface area contributed by atoms with Gasteiger partial charge in [-0.1, -0.05) is 353 Å². The Bertz CT molecular complexity index is 1310. The summed E-state index contributed by atoms with van der Waals surface area (Å²) in [5, 5.41) is 0. The van der Waals surface area contributed by atoms with Crippen molar-refractivity contribution in [2.45, 2.75) is 425 Å². The van der Waals surface area contributed by atoms with Gasteiger partial charge in [-0.05, 0) is 70.6 Å². The molecule has 6 heteroatoms. The summed E-state index contributed by atoms with van der Waals surface area (Å²) in [7, 11) is 0. The summed E-state index contributed by atoms with van der Waals surface area (Å²) in [6, 6.07) is 0. The predicted octanol–water partition coefficient (Wildman–Crippen LogP) is 25.3. The van der Waals surface area contributed by atoms with Gasteiger partial charge in [-0.3, -0.25) is 14.4 Å². The average Bonchev–Trinajstić information content (AvgIpc) is 3.47. The van der Waals surface area contributed by atoms with Crippen LogP contribution in [0.15, 0.2) is 24.3 Å². The Kier molecular flexibility index (Phi) is 68.5. The molecule has 0 heterocycles. The quantitative estimate of drug-likeness (QED) is 0.0261. The summed E-state index contributed by atoms with van der Waals surface area (Å²) >= 11 is 0. The second-order valence-electron chi connectivity index (χ2n) is 25.2. The number of hydrogen-bond donors (Lipinski definition) is 0. The van der Waals surface area contributed by atoms with Crippen molar-refractivity contribution in [3.8, 4) is 0 Å². The topological polar surface area (TPSA) is 78.9 Å². The SMILES string of the molecule is CCCCCCCC/C=C\CCCCCCCCCCCC(=O)OC(COC(=O)CCCCCCC/C=C\CCCCCCCC)COC(=O)CCCCCCCCCCCCCCCCCCCCCCCCCCCCCCC. The summed E-state index contributed by atoms with van der Waals surface area (Å²) in [6.07, 6.45) is 86.5. The molecule has 0 fully saturated rings. The van der Waals surface area contributed by atoms with Gasteiger partial charge in [0, 0.05) is 19.3 Å². The molecule has 0 radical (unpaired) electrons. The van der Waals surface area contributed by atoms with Crippen molar-refractivity contribution in [3.05, 3.63) is 24.3 Å². The molecule has 0 saturated heterocycles. The summed E-state index contributed by atoms with van der Waals surface area (Å²) in [5.41, 5.74) is 0. The second-order valence-corrected chi connectivity index (χ2v) is 25.2. The van der Waals surface area contributed by atoms with Crippen LogP contribution in [0.25, 0.3) is 0 Å². The number of esters is 3. The fraction of sp³-hybridized carbons (Fsp3) is 0.907. The van der Waals surface area contributed by atoms with Crippen LogP contribution in [-0.2, 0) is 28.6 Å². The molecule has 1 unspecified atom stereocenters. The van der Waals surface area contributed by atoms with Gasteiger partial charge in [-0.15, -0.1) is 0 Å². The first-order chi connectivity index (χ1) is 40.0. The normalized spacial score (nSPS) is 12.1. The molecule has 81 heavy (non-hydrogen) atoms. The number of unbranched alkanes of at least 4 members (excludes halogenated alkanes) is 54. The van der Waals surface area contributed by atoms with Crippen molar-refractivity contribution in [1.29, 1.82) is 0 Å². The minimum atomic E-state index is -0.774. The Labute approximate surface area is 506 Å². The minimum absolute atomic E-state index is 0.0691. The van der Waals surface area contributed by atoms with E-state index in [1.807, 2.05) is 0 Å². The van der Waals surface area contributed by atoms with Crippen molar-refractivity contribution in [2.24, 2.45) is 0 Å². The Morgan fingerprint density at radius 2 is 0.407 bits per heavy atom. The first-order valence-electron chi connectivity index (χ1n) is 36.8. The maximum Gasteiger partial charge on any atom is 0.306 e. The molecule has 0 amide bonds. The third-order valence-corrected chi connectivity index (χ3v) is 16.9. The summed E-state index contributed by atoms with van der Waals surface area (Å²) in [5.74, 6) is -0.848. The first kappa shape index (κ1) is 78.9. The van der Waals surface area contributed by atoms with E-state index in [0.29, 0.717) is 19.3 Å². The lowest BCUT2D eigenvalue weighted by atomic mass is 10.0. The van der Waals surface area contributed by atoms with Crippen LogP contribution in [0.4, 0.5) is 0 Å². The first-order valence-corrected chi connectivity index (χ1v) is 36.8. The van der Waals surface area contributed by atoms with E-state index in [0.717, 1.165) is 64.2 Å². The van der Waals surface area contributed by atoms with Crippen LogP contribution in [-0.4, -0.2) is 37.2 Å². The Hall–Kier alpha value is -2.11. The monoisotopic (exact) mass is 1140 g/mol. The fourth-order valence-corrected chi connectivity index (χ4v) is 11.4. The molecule has 0 saturated carbocycles. The molecule has 0 N–H and O–H groups in total. The molecule has 0 spiro atoms. The number of carbonyl (C=O) groups excluding carboxylic acids is 3. The lowest BCUT2D eigenvalue weighted by Crippen LogP contribution is -2.30. The fourth-order valence-electron chi connectivity index (χ4n) is 11.4. The van der Waals surface area contributed by atoms with Crippen LogP contribution >= 0.6 is 0 Å². The van der Waals surface area contributed by atoms with Crippen LogP contribution < -0.4 is 0 Å². The van der Waals surface area contributed by atoms with E-state index in [-0.39, 0.29) is 31.1 Å². The molecular weight excluding hydrogens is 997 g/mol. The highest BCUT2D eigenvalue weighted by Gasteiger charge is 2.19. The third-order valence-electron chi connectivity index (χ3n) is 16.9. The van der Waals surface area contributed by atoms with Gasteiger partial charge in [0.2, 0.25) is 0 Å². The van der Waals surface area contributed by atoms with Gasteiger partial charge in [-0.25, -0.2) is 0 Å². The molecule has 0 aromatic heterocycles. The molecule has 0 aliphatic heterocycles. The summed E-state index contributed by atoms with van der Waals surface area (Å²) in [4.78, 5) is 38.5. The van der Waals surface area contributed by atoms with Gasteiger partial charge in [0.05, 0.1) is 0 Å². The van der Waals surface area contributed by atoms with E-state index in [4.69, 9.17) is 14.2 Å². The van der Waals surface area contributed by atoms with Crippen LogP contribution in [0, 0.1) is 0 Å². The number of carbonyl (C=O) groups is 3. The molecule has 1 atom stereocenters. The van der Waals surface area contributed by atoms with Crippen LogP contribution in [0.2, 0.25) is 0 Å². The summed E-state index contributed by atoms with van der Waals surface area (Å²) < 4.78 is 17.0.